The normalized spacial score (nSPS) is 42.8. The lowest BCUT2D eigenvalue weighted by atomic mass is 9.53. The molecule has 1 unspecified atom stereocenters. The van der Waals surface area contributed by atoms with Crippen molar-refractivity contribution in [2.75, 3.05) is 11.9 Å². The van der Waals surface area contributed by atoms with E-state index >= 15 is 0 Å². The van der Waals surface area contributed by atoms with Gasteiger partial charge in [0.1, 0.15) is 18.0 Å². The minimum absolute atomic E-state index is 0.130. The summed E-state index contributed by atoms with van der Waals surface area (Å²) < 4.78 is 46.6. The Morgan fingerprint density at radius 2 is 1.90 bits per heavy atom. The van der Waals surface area contributed by atoms with Gasteiger partial charge in [0.25, 0.3) is 0 Å². The van der Waals surface area contributed by atoms with Gasteiger partial charge in [0.15, 0.2) is 6.10 Å². The highest BCUT2D eigenvalue weighted by Gasteiger charge is 2.62. The number of rotatable bonds is 7. The first-order valence-corrected chi connectivity index (χ1v) is 14.4. The highest BCUT2D eigenvalue weighted by Crippen LogP contribution is 2.61. The molecule has 1 aliphatic heterocycles. The lowest BCUT2D eigenvalue weighted by Crippen LogP contribution is -2.63. The van der Waals surface area contributed by atoms with Gasteiger partial charge in [0.2, 0.25) is 12.0 Å². The molecule has 5 atom stereocenters. The van der Waals surface area contributed by atoms with Crippen LogP contribution in [0.2, 0.25) is 0 Å². The number of halogens is 2. The molecule has 6 fully saturated rings. The molecule has 0 aromatic carbocycles. The van der Waals surface area contributed by atoms with Crippen LogP contribution in [-0.2, 0) is 19.1 Å². The molecule has 5 aliphatic carbocycles. The summed E-state index contributed by atoms with van der Waals surface area (Å²) in [6, 6.07) is 1.13. The van der Waals surface area contributed by atoms with Crippen molar-refractivity contribution >= 4 is 11.9 Å². The third-order valence-electron chi connectivity index (χ3n) is 9.86. The van der Waals surface area contributed by atoms with Crippen LogP contribution in [0.4, 0.5) is 19.4 Å². The van der Waals surface area contributed by atoms with E-state index < -0.39 is 60.2 Å². The quantitative estimate of drug-likeness (QED) is 0.213. The summed E-state index contributed by atoms with van der Waals surface area (Å²) in [4.78, 5) is 34.0. The van der Waals surface area contributed by atoms with Crippen molar-refractivity contribution in [1.82, 2.24) is 9.55 Å². The number of aromatic nitrogens is 2. The van der Waals surface area contributed by atoms with Crippen molar-refractivity contribution in [3.8, 4) is 0 Å². The molecule has 7 rings (SSSR count). The van der Waals surface area contributed by atoms with Gasteiger partial charge in [-0.1, -0.05) is 0 Å². The number of hydrogen-bond acceptors (Lipinski definition) is 10. The Balaban J connectivity index is 1.08. The number of ether oxygens (including phenoxy) is 3. The third kappa shape index (κ3) is 5.06. The molecule has 12 nitrogen and oxygen atoms in total. The van der Waals surface area contributed by atoms with Crippen LogP contribution in [0.1, 0.15) is 70.9 Å². The summed E-state index contributed by atoms with van der Waals surface area (Å²) in [5, 5.41) is 31.3. The van der Waals surface area contributed by atoms with Crippen LogP contribution in [0.25, 0.3) is 0 Å². The summed E-state index contributed by atoms with van der Waals surface area (Å²) in [6.45, 7) is 1.09. The first-order valence-electron chi connectivity index (χ1n) is 14.4. The molecule has 1 saturated heterocycles. The molecule has 1 aromatic heterocycles. The van der Waals surface area contributed by atoms with Crippen LogP contribution in [0.5, 0.6) is 0 Å². The van der Waals surface area contributed by atoms with E-state index in [4.69, 9.17) is 24.2 Å². The highest BCUT2D eigenvalue weighted by molar-refractivity contribution is 5.83. The van der Waals surface area contributed by atoms with Gasteiger partial charge in [-0.3, -0.25) is 9.88 Å². The molecule has 1 aromatic rings. The molecular weight excluding hydrogens is 548 g/mol. The van der Waals surface area contributed by atoms with Crippen molar-refractivity contribution in [2.24, 2.45) is 23.7 Å². The standard InChI is InChI=1S/C27H37F2N3O9/c1-25(40-27(41-37)16-8-14-7-15(10-16)11-17(27)9-14)5-2-3-18(12-25)38-24(36)31-20-4-6-32(23(35)30-20)22-26(28,29)21(34)19(13-33)39-22/h4,6,14-19,21-22,33-34,37H,2-3,5,7-13H2,1H3,(H,30,31,35,36)/t14?,15?,16?,17?,18?,19-,21-,22-,25+,27?/m1/s1. The third-order valence-corrected chi connectivity index (χ3v) is 9.86. The zero-order valence-corrected chi connectivity index (χ0v) is 22.8. The second kappa shape index (κ2) is 10.5. The first-order chi connectivity index (χ1) is 19.5. The Morgan fingerprint density at radius 3 is 2.49 bits per heavy atom. The number of carbonyl (C=O) groups excluding carboxylic acids is 1. The fourth-order valence-corrected chi connectivity index (χ4v) is 8.21. The highest BCUT2D eigenvalue weighted by atomic mass is 19.3. The van der Waals surface area contributed by atoms with Crippen LogP contribution in [-0.4, -0.2) is 73.3 Å². The summed E-state index contributed by atoms with van der Waals surface area (Å²) in [7, 11) is 0. The van der Waals surface area contributed by atoms with Gasteiger partial charge >= 0.3 is 17.7 Å². The van der Waals surface area contributed by atoms with Gasteiger partial charge in [-0.2, -0.15) is 13.8 Å². The lowest BCUT2D eigenvalue weighted by Gasteiger charge is -2.60. The van der Waals surface area contributed by atoms with E-state index in [0.717, 1.165) is 44.4 Å². The molecule has 5 saturated carbocycles. The number of hydrogen-bond donors (Lipinski definition) is 4. The van der Waals surface area contributed by atoms with Crippen LogP contribution in [0.3, 0.4) is 0 Å². The second-order valence-corrected chi connectivity index (χ2v) is 12.7. The van der Waals surface area contributed by atoms with E-state index in [2.05, 4.69) is 10.3 Å². The Labute approximate surface area is 234 Å². The number of carbonyl (C=O) groups is 1. The lowest BCUT2D eigenvalue weighted by molar-refractivity contribution is -0.477. The maximum Gasteiger partial charge on any atom is 0.413 e. The van der Waals surface area contributed by atoms with E-state index in [1.54, 1.807) is 0 Å². The minimum Gasteiger partial charge on any atom is -0.446 e. The molecule has 228 valence electrons. The monoisotopic (exact) mass is 585 g/mol. The average Bonchev–Trinajstić information content (AvgIpc) is 3.14. The van der Waals surface area contributed by atoms with Gasteiger partial charge in [0, 0.05) is 24.5 Å². The van der Waals surface area contributed by atoms with E-state index in [-0.39, 0.29) is 17.7 Å². The number of aliphatic hydroxyl groups excluding tert-OH is 2. The van der Waals surface area contributed by atoms with Gasteiger partial charge in [0.05, 0.1) is 12.2 Å². The smallest absolute Gasteiger partial charge is 0.413 e. The molecule has 41 heavy (non-hydrogen) atoms. The molecule has 1 amide bonds. The van der Waals surface area contributed by atoms with Crippen LogP contribution in [0, 0.1) is 23.7 Å². The van der Waals surface area contributed by atoms with Gasteiger partial charge in [-0.05, 0) is 76.2 Å². The fourth-order valence-electron chi connectivity index (χ4n) is 8.21. The predicted molar refractivity (Wildman–Crippen MR) is 136 cm³/mol. The van der Waals surface area contributed by atoms with Gasteiger partial charge in [-0.25, -0.2) is 19.7 Å². The van der Waals surface area contributed by atoms with E-state index in [0.29, 0.717) is 35.7 Å². The molecule has 14 heteroatoms. The number of nitrogens with zero attached hydrogens (tertiary/aromatic N) is 2. The van der Waals surface area contributed by atoms with E-state index in [9.17, 15) is 28.7 Å². The summed E-state index contributed by atoms with van der Waals surface area (Å²) in [5.74, 6) is -3.54. The second-order valence-electron chi connectivity index (χ2n) is 12.7. The van der Waals surface area contributed by atoms with Gasteiger partial charge in [-0.15, -0.1) is 0 Å². The molecule has 0 spiro atoms. The van der Waals surface area contributed by atoms with Crippen molar-refractivity contribution in [3.63, 3.8) is 0 Å². The Morgan fingerprint density at radius 1 is 1.22 bits per heavy atom. The number of aliphatic hydroxyl groups is 2. The summed E-state index contributed by atoms with van der Waals surface area (Å²) >= 11 is 0. The zero-order valence-electron chi connectivity index (χ0n) is 22.8. The molecule has 2 heterocycles. The topological polar surface area (TPSA) is 162 Å². The maximum absolute atomic E-state index is 14.4. The SMILES string of the molecule is C[C@]1(OC2(OO)C3CC4CC(C3)CC2C4)CCCC(OC(=O)Nc2ccn([C@@H]3O[C@H](CO)[C@@H](O)C3(F)F)c(=O)n2)C1. The maximum atomic E-state index is 14.4. The van der Waals surface area contributed by atoms with Crippen molar-refractivity contribution in [3.05, 3.63) is 22.7 Å². The minimum atomic E-state index is -3.85. The predicted octanol–water partition coefficient (Wildman–Crippen LogP) is 3.04. The Hall–Kier alpha value is -2.23. The van der Waals surface area contributed by atoms with E-state index in [1.165, 1.54) is 6.42 Å². The van der Waals surface area contributed by atoms with Crippen molar-refractivity contribution in [2.45, 2.75) is 107 Å². The number of nitrogens with one attached hydrogen (secondary N) is 1. The van der Waals surface area contributed by atoms with Crippen LogP contribution in [0.15, 0.2) is 17.1 Å². The van der Waals surface area contributed by atoms with Crippen molar-refractivity contribution < 1.29 is 48.1 Å². The largest absolute Gasteiger partial charge is 0.446 e. The summed E-state index contributed by atoms with van der Waals surface area (Å²) in [6.07, 6.45) is 1.11. The zero-order chi connectivity index (χ0) is 29.2. The number of anilines is 1. The van der Waals surface area contributed by atoms with Crippen LogP contribution >= 0.6 is 0 Å². The first kappa shape index (κ1) is 28.9. The molecule has 6 aliphatic rings. The number of alkyl halides is 2. The van der Waals surface area contributed by atoms with Crippen molar-refractivity contribution in [1.29, 1.82) is 0 Å². The average molecular weight is 586 g/mol. The number of amides is 1. The molecule has 4 bridgehead atoms. The fraction of sp³-hybridized carbons (Fsp3) is 0.815. The van der Waals surface area contributed by atoms with Gasteiger partial charge < -0.3 is 24.4 Å². The van der Waals surface area contributed by atoms with E-state index in [1.807, 2.05) is 6.92 Å². The Kier molecular flexibility index (Phi) is 7.39. The molecular formula is C27H37F2N3O9. The van der Waals surface area contributed by atoms with Crippen LogP contribution < -0.4 is 11.0 Å². The summed E-state index contributed by atoms with van der Waals surface area (Å²) in [5.41, 5.74) is -1.84. The molecule has 0 radical (unpaired) electrons. The molecule has 4 N–H and O–H groups in total. The Bertz CT molecular complexity index is 1190.